The Morgan fingerprint density at radius 3 is 2.50 bits per heavy atom. The van der Waals surface area contributed by atoms with Crippen LogP contribution in [-0.4, -0.2) is 30.1 Å². The quantitative estimate of drug-likeness (QED) is 0.884. The predicted octanol–water partition coefficient (Wildman–Crippen LogP) is 3.66. The maximum Gasteiger partial charge on any atom is 0.126 e. The van der Waals surface area contributed by atoms with Gasteiger partial charge in [0.05, 0.1) is 6.04 Å². The van der Waals surface area contributed by atoms with Crippen LogP contribution < -0.4 is 5.32 Å². The minimum Gasteiger partial charge on any atom is -0.309 e. The first-order valence-corrected chi connectivity index (χ1v) is 7.71. The zero-order valence-corrected chi connectivity index (χ0v) is 13.2. The molecule has 3 heteroatoms. The maximum absolute atomic E-state index is 13.9. The highest BCUT2D eigenvalue weighted by molar-refractivity contribution is 5.28. The van der Waals surface area contributed by atoms with E-state index < -0.39 is 0 Å². The van der Waals surface area contributed by atoms with Crippen molar-refractivity contribution in [3.05, 3.63) is 35.1 Å². The molecule has 1 saturated heterocycles. The molecule has 0 radical (unpaired) electrons. The monoisotopic (exact) mass is 278 g/mol. The maximum atomic E-state index is 13.9. The second-order valence-corrected chi connectivity index (χ2v) is 6.35. The van der Waals surface area contributed by atoms with Crippen molar-refractivity contribution >= 4 is 0 Å². The van der Waals surface area contributed by atoms with Crippen LogP contribution in [0.2, 0.25) is 0 Å². The number of benzene rings is 1. The Morgan fingerprint density at radius 1 is 1.30 bits per heavy atom. The van der Waals surface area contributed by atoms with Gasteiger partial charge in [-0.15, -0.1) is 0 Å². The molecule has 0 amide bonds. The predicted molar refractivity (Wildman–Crippen MR) is 82.4 cm³/mol. The van der Waals surface area contributed by atoms with E-state index in [-0.39, 0.29) is 17.4 Å². The molecule has 20 heavy (non-hydrogen) atoms. The van der Waals surface area contributed by atoms with Crippen molar-refractivity contribution in [2.24, 2.45) is 0 Å². The third kappa shape index (κ3) is 3.04. The SMILES string of the molecule is CCNC(c1ccc(C)c(F)c1)C(C)(C)N1CCCC1. The highest BCUT2D eigenvalue weighted by Crippen LogP contribution is 2.34. The normalized spacial score (nSPS) is 18.4. The van der Waals surface area contributed by atoms with Crippen LogP contribution in [-0.2, 0) is 0 Å². The molecule has 1 atom stereocenters. The number of hydrogen-bond acceptors (Lipinski definition) is 2. The molecule has 0 bridgehead atoms. The molecule has 112 valence electrons. The Morgan fingerprint density at radius 2 is 1.95 bits per heavy atom. The van der Waals surface area contributed by atoms with E-state index in [0.29, 0.717) is 5.56 Å². The molecule has 1 aromatic carbocycles. The zero-order chi connectivity index (χ0) is 14.8. The number of nitrogens with zero attached hydrogens (tertiary/aromatic N) is 1. The van der Waals surface area contributed by atoms with Crippen LogP contribution in [0, 0.1) is 12.7 Å². The van der Waals surface area contributed by atoms with Crippen LogP contribution in [0.4, 0.5) is 4.39 Å². The molecule has 1 aliphatic rings. The topological polar surface area (TPSA) is 15.3 Å². The molecule has 1 N–H and O–H groups in total. The van der Waals surface area contributed by atoms with Crippen molar-refractivity contribution in [2.45, 2.75) is 52.1 Å². The van der Waals surface area contributed by atoms with E-state index in [1.807, 2.05) is 13.0 Å². The molecule has 1 aromatic rings. The van der Waals surface area contributed by atoms with Gasteiger partial charge in [-0.05, 0) is 70.4 Å². The van der Waals surface area contributed by atoms with E-state index in [0.717, 1.165) is 25.2 Å². The molecular formula is C17H27FN2. The molecule has 0 spiro atoms. The summed E-state index contributed by atoms with van der Waals surface area (Å²) in [4.78, 5) is 2.53. The summed E-state index contributed by atoms with van der Waals surface area (Å²) in [5.74, 6) is -0.109. The fourth-order valence-corrected chi connectivity index (χ4v) is 3.24. The number of likely N-dealkylation sites (tertiary alicyclic amines) is 1. The van der Waals surface area contributed by atoms with Crippen molar-refractivity contribution in [3.8, 4) is 0 Å². The van der Waals surface area contributed by atoms with Crippen molar-refractivity contribution in [3.63, 3.8) is 0 Å². The third-order valence-electron chi connectivity index (χ3n) is 4.57. The van der Waals surface area contributed by atoms with Crippen LogP contribution in [0.5, 0.6) is 0 Å². The van der Waals surface area contributed by atoms with Crippen molar-refractivity contribution in [1.82, 2.24) is 10.2 Å². The fourth-order valence-electron chi connectivity index (χ4n) is 3.24. The summed E-state index contributed by atoms with van der Waals surface area (Å²) in [6.07, 6.45) is 2.54. The van der Waals surface area contributed by atoms with Crippen LogP contribution in [0.15, 0.2) is 18.2 Å². The lowest BCUT2D eigenvalue weighted by atomic mass is 9.86. The second-order valence-electron chi connectivity index (χ2n) is 6.35. The highest BCUT2D eigenvalue weighted by Gasteiger charge is 2.37. The van der Waals surface area contributed by atoms with Crippen molar-refractivity contribution in [2.75, 3.05) is 19.6 Å². The Kier molecular flexibility index (Phi) is 4.82. The van der Waals surface area contributed by atoms with Crippen LogP contribution in [0.3, 0.4) is 0 Å². The van der Waals surface area contributed by atoms with E-state index in [9.17, 15) is 4.39 Å². The summed E-state index contributed by atoms with van der Waals surface area (Å²) in [5, 5.41) is 3.55. The van der Waals surface area contributed by atoms with Gasteiger partial charge in [-0.2, -0.15) is 0 Å². The lowest BCUT2D eigenvalue weighted by Crippen LogP contribution is -2.51. The Balaban J connectivity index is 2.31. The van der Waals surface area contributed by atoms with Gasteiger partial charge in [-0.1, -0.05) is 19.1 Å². The summed E-state index contributed by atoms with van der Waals surface area (Å²) in [7, 11) is 0. The number of aryl methyl sites for hydroxylation is 1. The van der Waals surface area contributed by atoms with Gasteiger partial charge in [0.1, 0.15) is 5.82 Å². The number of hydrogen-bond donors (Lipinski definition) is 1. The summed E-state index contributed by atoms with van der Waals surface area (Å²) >= 11 is 0. The number of likely N-dealkylation sites (N-methyl/N-ethyl adjacent to an activating group) is 1. The lowest BCUT2D eigenvalue weighted by Gasteiger charge is -2.43. The average Bonchev–Trinajstić information content (AvgIpc) is 2.94. The van der Waals surface area contributed by atoms with Gasteiger partial charge in [-0.3, -0.25) is 4.90 Å². The molecule has 0 aromatic heterocycles. The van der Waals surface area contributed by atoms with Crippen LogP contribution in [0.1, 0.15) is 50.8 Å². The van der Waals surface area contributed by atoms with Crippen molar-refractivity contribution < 1.29 is 4.39 Å². The standard InChI is InChI=1S/C17H27FN2/c1-5-19-16(14-9-8-13(2)15(18)12-14)17(3,4)20-10-6-7-11-20/h8-9,12,16,19H,5-7,10-11H2,1-4H3. The van der Waals surface area contributed by atoms with Gasteiger partial charge >= 0.3 is 0 Å². The minimum absolute atomic E-state index is 0.00575. The van der Waals surface area contributed by atoms with Gasteiger partial charge in [0.2, 0.25) is 0 Å². The molecule has 0 aliphatic carbocycles. The fraction of sp³-hybridized carbons (Fsp3) is 0.647. The molecule has 1 fully saturated rings. The Labute approximate surface area is 122 Å². The van der Waals surface area contributed by atoms with Gasteiger partial charge in [0.15, 0.2) is 0 Å². The smallest absolute Gasteiger partial charge is 0.126 e. The van der Waals surface area contributed by atoms with E-state index >= 15 is 0 Å². The van der Waals surface area contributed by atoms with Crippen LogP contribution in [0.25, 0.3) is 0 Å². The highest BCUT2D eigenvalue weighted by atomic mass is 19.1. The lowest BCUT2D eigenvalue weighted by molar-refractivity contribution is 0.107. The summed E-state index contributed by atoms with van der Waals surface area (Å²) in [6, 6.07) is 5.79. The molecule has 1 heterocycles. The largest absolute Gasteiger partial charge is 0.309 e. The number of rotatable bonds is 5. The van der Waals surface area contributed by atoms with Crippen molar-refractivity contribution in [1.29, 1.82) is 0 Å². The Bertz CT molecular complexity index is 450. The van der Waals surface area contributed by atoms with E-state index in [2.05, 4.69) is 37.1 Å². The van der Waals surface area contributed by atoms with Crippen LogP contribution >= 0.6 is 0 Å². The summed E-state index contributed by atoms with van der Waals surface area (Å²) < 4.78 is 13.9. The average molecular weight is 278 g/mol. The molecule has 1 unspecified atom stereocenters. The molecular weight excluding hydrogens is 251 g/mol. The summed E-state index contributed by atoms with van der Waals surface area (Å²) in [5.41, 5.74) is 1.75. The van der Waals surface area contributed by atoms with E-state index in [1.165, 1.54) is 12.8 Å². The van der Waals surface area contributed by atoms with Gasteiger partial charge in [0.25, 0.3) is 0 Å². The van der Waals surface area contributed by atoms with Gasteiger partial charge in [0, 0.05) is 5.54 Å². The van der Waals surface area contributed by atoms with E-state index in [4.69, 9.17) is 0 Å². The second kappa shape index (κ2) is 6.23. The Hall–Kier alpha value is -0.930. The first kappa shape index (κ1) is 15.5. The number of nitrogens with one attached hydrogen (secondary N) is 1. The molecule has 0 saturated carbocycles. The minimum atomic E-state index is -0.109. The summed E-state index contributed by atoms with van der Waals surface area (Å²) in [6.45, 7) is 11.6. The van der Waals surface area contributed by atoms with E-state index in [1.54, 1.807) is 6.07 Å². The third-order valence-corrected chi connectivity index (χ3v) is 4.57. The zero-order valence-electron chi connectivity index (χ0n) is 13.2. The molecule has 2 rings (SSSR count). The van der Waals surface area contributed by atoms with Gasteiger partial charge < -0.3 is 5.32 Å². The first-order chi connectivity index (χ1) is 9.46. The molecule has 1 aliphatic heterocycles. The molecule has 2 nitrogen and oxygen atoms in total. The van der Waals surface area contributed by atoms with Gasteiger partial charge in [-0.25, -0.2) is 4.39 Å². The number of halogens is 1. The first-order valence-electron chi connectivity index (χ1n) is 7.71.